The Balaban J connectivity index is 1.00. The summed E-state index contributed by atoms with van der Waals surface area (Å²) in [5.41, 5.74) is -0.344. The summed E-state index contributed by atoms with van der Waals surface area (Å²) in [5, 5.41) is 75.1. The zero-order valence-electron chi connectivity index (χ0n) is 41.3. The molecule has 8 aliphatic rings. The second-order valence-corrected chi connectivity index (χ2v) is 24.1. The molecule has 67 heavy (non-hydrogen) atoms. The summed E-state index contributed by atoms with van der Waals surface area (Å²) in [5.74, 6) is -0.0112. The Labute approximate surface area is 396 Å². The van der Waals surface area contributed by atoms with Crippen LogP contribution in [0.4, 0.5) is 0 Å². The lowest BCUT2D eigenvalue weighted by Crippen LogP contribution is -2.67. The molecule has 0 unspecified atom stereocenters. The Kier molecular flexibility index (Phi) is 14.4. The van der Waals surface area contributed by atoms with E-state index >= 15 is 0 Å². The molecule has 23 atom stereocenters. The van der Waals surface area contributed by atoms with Crippen LogP contribution in [0.2, 0.25) is 0 Å². The molecule has 16 nitrogen and oxygen atoms in total. The molecule has 7 N–H and O–H groups in total. The average molecular weight is 951 g/mol. The first-order chi connectivity index (χ1) is 31.3. The van der Waals surface area contributed by atoms with Gasteiger partial charge in [-0.2, -0.15) is 0 Å². The highest BCUT2D eigenvalue weighted by atomic mass is 16.8. The quantitative estimate of drug-likeness (QED) is 0.0934. The molecule has 0 spiro atoms. The van der Waals surface area contributed by atoms with E-state index in [0.717, 1.165) is 50.5 Å². The lowest BCUT2D eigenvalue weighted by atomic mass is 9.32. The van der Waals surface area contributed by atoms with Gasteiger partial charge in [0.05, 0.1) is 30.8 Å². The molecule has 0 radical (unpaired) electrons. The topological polar surface area (TPSA) is 240 Å². The normalized spacial score (nSPS) is 51.7. The molecule has 0 aromatic rings. The van der Waals surface area contributed by atoms with E-state index in [-0.39, 0.29) is 77.0 Å². The number of fused-ring (bicyclic) bond motifs is 7. The number of aliphatic hydroxyl groups excluding tert-OH is 7. The maximum atomic E-state index is 15.0. The monoisotopic (exact) mass is 951 g/mol. The zero-order valence-corrected chi connectivity index (χ0v) is 41.3. The van der Waals surface area contributed by atoms with Crippen molar-refractivity contribution in [2.24, 2.45) is 62.6 Å². The van der Waals surface area contributed by atoms with Gasteiger partial charge in [-0.25, -0.2) is 0 Å². The van der Waals surface area contributed by atoms with Gasteiger partial charge in [0.2, 0.25) is 6.29 Å². The van der Waals surface area contributed by atoms with E-state index in [1.54, 1.807) is 6.92 Å². The second-order valence-electron chi connectivity index (χ2n) is 24.1. The molecule has 5 saturated carbocycles. The van der Waals surface area contributed by atoms with E-state index < -0.39 is 97.3 Å². The predicted molar refractivity (Wildman–Crippen MR) is 240 cm³/mol. The Bertz CT molecular complexity index is 1830. The molecule has 3 heterocycles. The maximum Gasteiger partial charge on any atom is 0.314 e. The van der Waals surface area contributed by atoms with Crippen molar-refractivity contribution in [3.63, 3.8) is 0 Å². The molecule has 0 amide bonds. The first kappa shape index (κ1) is 51.6. The SMILES string of the molecule is C=C(C)[C@@H]1CC[C@]2(C(=O)O[C@@H]3O[C@@H](C)[C@H](O)[C@@H](OC(=O)CC(C)C)[C@H]3O)CC[C@]3(C)[C@H](CC[C@@H]4[C@@]5(C)CC[C@H](O[C@@H]6OC[C@@H](O)[C@H](O)[C@H]6O[C@@H]6OC[C@@H](O)[C@H](O)[C@H]6O)C(C)(C)[C@@H]5CC[C@]43C)[C@@H]12. The van der Waals surface area contributed by atoms with Crippen LogP contribution in [0.1, 0.15) is 133 Å². The summed E-state index contributed by atoms with van der Waals surface area (Å²) >= 11 is 0. The van der Waals surface area contributed by atoms with E-state index in [1.807, 2.05) is 13.8 Å². The van der Waals surface area contributed by atoms with Gasteiger partial charge < -0.3 is 68.9 Å². The number of aliphatic hydroxyl groups is 7. The average Bonchev–Trinajstić information content (AvgIpc) is 3.66. The number of carbonyl (C=O) groups excluding carboxylic acids is 2. The molecular formula is C51H82O16. The molecule has 8 fully saturated rings. The van der Waals surface area contributed by atoms with Crippen molar-refractivity contribution in [1.29, 1.82) is 0 Å². The van der Waals surface area contributed by atoms with Gasteiger partial charge in [-0.05, 0) is 135 Å². The highest BCUT2D eigenvalue weighted by molar-refractivity contribution is 5.78. The number of hydrogen-bond donors (Lipinski definition) is 7. The summed E-state index contributed by atoms with van der Waals surface area (Å²) in [7, 11) is 0. The number of allylic oxidation sites excluding steroid dienone is 1. The number of rotatable bonds is 10. The third kappa shape index (κ3) is 8.47. The molecule has 3 aliphatic heterocycles. The molecule has 8 rings (SSSR count). The fourth-order valence-corrected chi connectivity index (χ4v) is 15.9. The third-order valence-electron chi connectivity index (χ3n) is 19.7. The number of ether oxygens (including phenoxy) is 7. The molecular weight excluding hydrogens is 869 g/mol. The summed E-state index contributed by atoms with van der Waals surface area (Å²) in [6.07, 6.45) is -9.11. The molecule has 0 bridgehead atoms. The van der Waals surface area contributed by atoms with Crippen molar-refractivity contribution in [3.05, 3.63) is 12.2 Å². The van der Waals surface area contributed by atoms with E-state index in [0.29, 0.717) is 25.2 Å². The minimum absolute atomic E-state index is 0.0162. The first-order valence-electron chi connectivity index (χ1n) is 25.3. The maximum absolute atomic E-state index is 15.0. The second kappa shape index (κ2) is 18.7. The standard InChI is InChI=1S/C51H82O16/c1-24(2)21-34(54)65-41-36(55)26(5)63-44(40(41)59)67-46(60)51-18-13-27(25(3)4)35(51)28-11-12-32-48(8)16-15-33(47(6,7)31(48)14-17-50(32,10)49(28,9)19-20-51)64-45-42(38(57)30(53)23-62-45)66-43-39(58)37(56)29(52)22-61-43/h24,26-33,35-45,52-53,55-59H,3,11-23H2,1-2,4-10H3/t26-,27-,28+,29+,30+,31-,32+,33-,35+,36-,37-,38-,39+,40+,41+,42+,43-,44-,45-,48-,49+,50+,51-/m0/s1. The summed E-state index contributed by atoms with van der Waals surface area (Å²) in [4.78, 5) is 27.7. The van der Waals surface area contributed by atoms with Gasteiger partial charge in [0, 0.05) is 6.42 Å². The Morgan fingerprint density at radius 3 is 2.01 bits per heavy atom. The lowest BCUT2D eigenvalue weighted by molar-refractivity contribution is -0.357. The van der Waals surface area contributed by atoms with Crippen LogP contribution in [-0.4, -0.2) is 147 Å². The van der Waals surface area contributed by atoms with Crippen LogP contribution >= 0.6 is 0 Å². The smallest absolute Gasteiger partial charge is 0.314 e. The fraction of sp³-hybridized carbons (Fsp3) is 0.922. The van der Waals surface area contributed by atoms with Gasteiger partial charge in [-0.15, -0.1) is 0 Å². The van der Waals surface area contributed by atoms with Crippen molar-refractivity contribution >= 4 is 11.9 Å². The zero-order chi connectivity index (χ0) is 48.9. The van der Waals surface area contributed by atoms with Crippen LogP contribution in [-0.2, 0) is 42.7 Å². The molecule has 382 valence electrons. The van der Waals surface area contributed by atoms with Crippen LogP contribution in [0.25, 0.3) is 0 Å². The Morgan fingerprint density at radius 1 is 0.672 bits per heavy atom. The number of carbonyl (C=O) groups is 2. The van der Waals surface area contributed by atoms with Crippen molar-refractivity contribution < 1.29 is 78.5 Å². The molecule has 0 aromatic heterocycles. The minimum Gasteiger partial charge on any atom is -0.456 e. The van der Waals surface area contributed by atoms with Gasteiger partial charge >= 0.3 is 11.9 Å². The van der Waals surface area contributed by atoms with E-state index in [1.165, 1.54) is 0 Å². The van der Waals surface area contributed by atoms with Gasteiger partial charge in [0.15, 0.2) is 24.8 Å². The van der Waals surface area contributed by atoms with Crippen molar-refractivity contribution in [2.75, 3.05) is 13.2 Å². The molecule has 3 saturated heterocycles. The van der Waals surface area contributed by atoms with E-state index in [9.17, 15) is 45.3 Å². The van der Waals surface area contributed by atoms with Crippen LogP contribution in [0.5, 0.6) is 0 Å². The van der Waals surface area contributed by atoms with Gasteiger partial charge in [-0.1, -0.05) is 60.6 Å². The van der Waals surface area contributed by atoms with Crippen LogP contribution in [0.3, 0.4) is 0 Å². The molecule has 16 heteroatoms. The van der Waals surface area contributed by atoms with Crippen LogP contribution in [0.15, 0.2) is 12.2 Å². The van der Waals surface area contributed by atoms with Crippen molar-refractivity contribution in [1.82, 2.24) is 0 Å². The van der Waals surface area contributed by atoms with Crippen LogP contribution in [0, 0.1) is 62.6 Å². The predicted octanol–water partition coefficient (Wildman–Crippen LogP) is 3.90. The van der Waals surface area contributed by atoms with Gasteiger partial charge in [0.25, 0.3) is 0 Å². The van der Waals surface area contributed by atoms with E-state index in [4.69, 9.17) is 33.2 Å². The Hall–Kier alpha value is -1.80. The van der Waals surface area contributed by atoms with Crippen LogP contribution < -0.4 is 0 Å². The summed E-state index contributed by atoms with van der Waals surface area (Å²) in [6, 6.07) is 0. The number of esters is 2. The highest BCUT2D eigenvalue weighted by Crippen LogP contribution is 2.78. The Morgan fingerprint density at radius 2 is 1.34 bits per heavy atom. The lowest BCUT2D eigenvalue weighted by Gasteiger charge is -2.73. The minimum atomic E-state index is -1.60. The number of hydrogen-bond acceptors (Lipinski definition) is 16. The van der Waals surface area contributed by atoms with Gasteiger partial charge in [0.1, 0.15) is 42.7 Å². The highest BCUT2D eigenvalue weighted by Gasteiger charge is 2.73. The largest absolute Gasteiger partial charge is 0.456 e. The third-order valence-corrected chi connectivity index (χ3v) is 19.7. The van der Waals surface area contributed by atoms with Crippen molar-refractivity contribution in [3.8, 4) is 0 Å². The first-order valence-corrected chi connectivity index (χ1v) is 25.3. The van der Waals surface area contributed by atoms with Gasteiger partial charge in [-0.3, -0.25) is 9.59 Å². The van der Waals surface area contributed by atoms with Crippen molar-refractivity contribution in [2.45, 2.75) is 219 Å². The molecule has 0 aromatic carbocycles. The van der Waals surface area contributed by atoms with E-state index in [2.05, 4.69) is 48.1 Å². The fourth-order valence-electron chi connectivity index (χ4n) is 15.9. The summed E-state index contributed by atoms with van der Waals surface area (Å²) in [6.45, 7) is 23.4. The molecule has 5 aliphatic carbocycles. The summed E-state index contributed by atoms with van der Waals surface area (Å²) < 4.78 is 42.1.